The van der Waals surface area contributed by atoms with Crippen LogP contribution in [-0.2, 0) is 9.59 Å². The van der Waals surface area contributed by atoms with Crippen LogP contribution in [0.25, 0.3) is 0 Å². The molecule has 0 aliphatic carbocycles. The summed E-state index contributed by atoms with van der Waals surface area (Å²) in [5.41, 5.74) is 2.00. The van der Waals surface area contributed by atoms with E-state index in [1.807, 2.05) is 64.7 Å². The summed E-state index contributed by atoms with van der Waals surface area (Å²) in [6, 6.07) is 11.8. The summed E-state index contributed by atoms with van der Waals surface area (Å²) in [5, 5.41) is 2.01. The number of likely N-dealkylation sites (tertiary alicyclic amines) is 1. The van der Waals surface area contributed by atoms with Crippen LogP contribution in [0.5, 0.6) is 0 Å². The molecule has 31 heavy (non-hydrogen) atoms. The number of piperidine rings is 1. The van der Waals surface area contributed by atoms with Gasteiger partial charge in [-0.2, -0.15) is 0 Å². The summed E-state index contributed by atoms with van der Waals surface area (Å²) in [6.07, 6.45) is 5.81. The molecule has 0 bridgehead atoms. The molecule has 4 heterocycles. The Morgan fingerprint density at radius 3 is 2.77 bits per heavy atom. The molecule has 2 amide bonds. The van der Waals surface area contributed by atoms with E-state index in [9.17, 15) is 9.59 Å². The largest absolute Gasteiger partial charge is 0.348 e. The van der Waals surface area contributed by atoms with Gasteiger partial charge in [0.15, 0.2) is 0 Å². The second-order valence-corrected chi connectivity index (χ2v) is 9.45. The number of hydrogen-bond donors (Lipinski definition) is 1. The number of carbonyl (C=O) groups is 2. The van der Waals surface area contributed by atoms with E-state index in [1.54, 1.807) is 17.5 Å². The highest BCUT2D eigenvalue weighted by atomic mass is 32.1. The first-order valence-electron chi connectivity index (χ1n) is 10.8. The number of benzene rings is 1. The van der Waals surface area contributed by atoms with Crippen LogP contribution in [0.1, 0.15) is 47.5 Å². The van der Waals surface area contributed by atoms with Gasteiger partial charge in [0.05, 0.1) is 12.0 Å². The number of H-pyrrole nitrogens is 1. The molecule has 2 aliphatic rings. The number of thiophene rings is 1. The van der Waals surface area contributed by atoms with Gasteiger partial charge >= 0.3 is 0 Å². The molecule has 5 rings (SSSR count). The first-order valence-corrected chi connectivity index (χ1v) is 11.7. The predicted molar refractivity (Wildman–Crippen MR) is 121 cm³/mol. The Hall–Kier alpha value is -2.93. The van der Waals surface area contributed by atoms with Gasteiger partial charge in [0, 0.05) is 48.4 Å². The second-order valence-electron chi connectivity index (χ2n) is 8.47. The van der Waals surface area contributed by atoms with E-state index >= 15 is 0 Å². The molecule has 2 fully saturated rings. The summed E-state index contributed by atoms with van der Waals surface area (Å²) in [4.78, 5) is 39.3. The SMILES string of the molecule is Cc1ccc(N2C(=O)CC(C(=O)N3CCCC(c4ncc[nH]4)C3)C2c2cccs2)cc1. The molecule has 3 unspecified atom stereocenters. The molecule has 2 aliphatic heterocycles. The Morgan fingerprint density at radius 2 is 2.06 bits per heavy atom. The van der Waals surface area contributed by atoms with Crippen molar-refractivity contribution in [2.24, 2.45) is 5.92 Å². The van der Waals surface area contributed by atoms with Crippen LogP contribution >= 0.6 is 11.3 Å². The van der Waals surface area contributed by atoms with E-state index < -0.39 is 0 Å². The number of nitrogens with one attached hydrogen (secondary N) is 1. The minimum Gasteiger partial charge on any atom is -0.348 e. The fourth-order valence-corrected chi connectivity index (χ4v) is 5.77. The van der Waals surface area contributed by atoms with Crippen molar-refractivity contribution in [2.75, 3.05) is 18.0 Å². The number of carbonyl (C=O) groups excluding carboxylic acids is 2. The zero-order chi connectivity index (χ0) is 21.4. The highest BCUT2D eigenvalue weighted by Crippen LogP contribution is 2.44. The monoisotopic (exact) mass is 434 g/mol. The second kappa shape index (κ2) is 8.30. The minimum atomic E-state index is -0.372. The molecule has 2 saturated heterocycles. The molecule has 7 heteroatoms. The summed E-state index contributed by atoms with van der Waals surface area (Å²) in [5.74, 6) is 0.884. The topological polar surface area (TPSA) is 69.3 Å². The number of nitrogens with zero attached hydrogens (tertiary/aromatic N) is 3. The smallest absolute Gasteiger partial charge is 0.228 e. The lowest BCUT2D eigenvalue weighted by Gasteiger charge is -2.35. The van der Waals surface area contributed by atoms with Gasteiger partial charge in [-0.25, -0.2) is 4.98 Å². The Kier molecular flexibility index (Phi) is 5.36. The molecule has 3 atom stereocenters. The summed E-state index contributed by atoms with van der Waals surface area (Å²) in [7, 11) is 0. The summed E-state index contributed by atoms with van der Waals surface area (Å²) < 4.78 is 0. The van der Waals surface area contributed by atoms with Crippen molar-refractivity contribution in [2.45, 2.75) is 38.1 Å². The molecule has 160 valence electrons. The molecule has 6 nitrogen and oxygen atoms in total. The van der Waals surface area contributed by atoms with Crippen molar-refractivity contribution >= 4 is 28.8 Å². The van der Waals surface area contributed by atoms with Gasteiger partial charge in [-0.1, -0.05) is 23.8 Å². The molecular weight excluding hydrogens is 408 g/mol. The molecule has 0 radical (unpaired) electrons. The van der Waals surface area contributed by atoms with E-state index in [0.717, 1.165) is 41.3 Å². The summed E-state index contributed by atoms with van der Waals surface area (Å²) in [6.45, 7) is 3.42. The number of amides is 2. The van der Waals surface area contributed by atoms with Crippen LogP contribution in [0.15, 0.2) is 54.2 Å². The van der Waals surface area contributed by atoms with Gasteiger partial charge in [0.25, 0.3) is 0 Å². The number of rotatable bonds is 4. The average Bonchev–Trinajstić information content (AvgIpc) is 3.55. The molecular formula is C24H26N4O2S. The highest BCUT2D eigenvalue weighted by molar-refractivity contribution is 7.10. The number of aryl methyl sites for hydroxylation is 1. The van der Waals surface area contributed by atoms with Gasteiger partial charge < -0.3 is 14.8 Å². The zero-order valence-electron chi connectivity index (χ0n) is 17.5. The minimum absolute atomic E-state index is 0.0141. The van der Waals surface area contributed by atoms with Gasteiger partial charge in [-0.15, -0.1) is 11.3 Å². The van der Waals surface area contributed by atoms with E-state index in [2.05, 4.69) is 9.97 Å². The third-order valence-corrected chi connectivity index (χ3v) is 7.37. The van der Waals surface area contributed by atoms with Crippen LogP contribution in [-0.4, -0.2) is 39.8 Å². The Balaban J connectivity index is 1.44. The molecule has 1 aromatic carbocycles. The standard InChI is InChI=1S/C24H26N4O2S/c1-16-6-8-18(9-7-16)28-21(29)14-19(22(28)20-5-3-13-31-20)24(30)27-12-2-4-17(15-27)23-25-10-11-26-23/h3,5-11,13,17,19,22H,2,4,12,14-15H2,1H3,(H,25,26). The fraction of sp³-hybridized carbons (Fsp3) is 0.375. The van der Waals surface area contributed by atoms with E-state index in [-0.39, 0.29) is 36.1 Å². The number of anilines is 1. The van der Waals surface area contributed by atoms with Gasteiger partial charge in [-0.3, -0.25) is 9.59 Å². The Morgan fingerprint density at radius 1 is 1.23 bits per heavy atom. The van der Waals surface area contributed by atoms with Crippen LogP contribution in [0.3, 0.4) is 0 Å². The fourth-order valence-electron chi connectivity index (χ4n) is 4.89. The number of imidazole rings is 1. The van der Waals surface area contributed by atoms with Crippen molar-refractivity contribution in [3.05, 3.63) is 70.4 Å². The van der Waals surface area contributed by atoms with E-state index in [4.69, 9.17) is 0 Å². The molecule has 2 aromatic heterocycles. The first kappa shape index (κ1) is 20.0. The van der Waals surface area contributed by atoms with Gasteiger partial charge in [0.1, 0.15) is 5.82 Å². The third kappa shape index (κ3) is 3.78. The van der Waals surface area contributed by atoms with Crippen LogP contribution in [0.4, 0.5) is 5.69 Å². The highest BCUT2D eigenvalue weighted by Gasteiger charge is 2.47. The van der Waals surface area contributed by atoms with Crippen molar-refractivity contribution < 1.29 is 9.59 Å². The lowest BCUT2D eigenvalue weighted by atomic mass is 9.92. The predicted octanol–water partition coefficient (Wildman–Crippen LogP) is 4.28. The molecule has 3 aromatic rings. The maximum Gasteiger partial charge on any atom is 0.228 e. The quantitative estimate of drug-likeness (QED) is 0.666. The van der Waals surface area contributed by atoms with Crippen molar-refractivity contribution in [3.63, 3.8) is 0 Å². The van der Waals surface area contributed by atoms with Crippen LogP contribution < -0.4 is 4.90 Å². The van der Waals surface area contributed by atoms with Crippen molar-refractivity contribution in [3.8, 4) is 0 Å². The number of aromatic nitrogens is 2. The van der Waals surface area contributed by atoms with E-state index in [0.29, 0.717) is 6.54 Å². The number of aromatic amines is 1. The summed E-state index contributed by atoms with van der Waals surface area (Å²) >= 11 is 1.61. The van der Waals surface area contributed by atoms with E-state index in [1.165, 1.54) is 0 Å². The van der Waals surface area contributed by atoms with Crippen molar-refractivity contribution in [1.82, 2.24) is 14.9 Å². The van der Waals surface area contributed by atoms with Gasteiger partial charge in [0.2, 0.25) is 11.8 Å². The van der Waals surface area contributed by atoms with Crippen LogP contribution in [0, 0.1) is 12.8 Å². The van der Waals surface area contributed by atoms with Crippen molar-refractivity contribution in [1.29, 1.82) is 0 Å². The molecule has 1 N–H and O–H groups in total. The Bertz CT molecular complexity index is 1050. The molecule has 0 saturated carbocycles. The first-order chi connectivity index (χ1) is 15.1. The van der Waals surface area contributed by atoms with Gasteiger partial charge in [-0.05, 0) is 43.3 Å². The Labute approximate surface area is 185 Å². The molecule has 0 spiro atoms. The normalized spacial score (nSPS) is 24.0. The lowest BCUT2D eigenvalue weighted by molar-refractivity contribution is -0.137. The average molecular weight is 435 g/mol. The zero-order valence-corrected chi connectivity index (χ0v) is 18.3. The maximum atomic E-state index is 13.7. The maximum absolute atomic E-state index is 13.7. The lowest BCUT2D eigenvalue weighted by Crippen LogP contribution is -2.44. The van der Waals surface area contributed by atoms with Crippen LogP contribution in [0.2, 0.25) is 0 Å². The third-order valence-electron chi connectivity index (χ3n) is 6.43. The number of hydrogen-bond acceptors (Lipinski definition) is 4.